The Morgan fingerprint density at radius 3 is 2.50 bits per heavy atom. The number of methoxy groups -OCH3 is 1. The van der Waals surface area contributed by atoms with Crippen LogP contribution in [0.15, 0.2) is 48.5 Å². The Bertz CT molecular complexity index is 590. The zero-order chi connectivity index (χ0) is 14.4. The highest BCUT2D eigenvalue weighted by Gasteiger charge is 2.07. The van der Waals surface area contributed by atoms with Gasteiger partial charge in [-0.25, -0.2) is 4.79 Å². The summed E-state index contributed by atoms with van der Waals surface area (Å²) in [6.45, 7) is 0.196. The van der Waals surface area contributed by atoms with E-state index < -0.39 is 0 Å². The van der Waals surface area contributed by atoms with Crippen molar-refractivity contribution in [3.63, 3.8) is 0 Å². The van der Waals surface area contributed by atoms with E-state index in [9.17, 15) is 4.79 Å². The lowest BCUT2D eigenvalue weighted by atomic mass is 9.99. The summed E-state index contributed by atoms with van der Waals surface area (Å²) in [4.78, 5) is 11.6. The Labute approximate surface area is 118 Å². The third-order valence-corrected chi connectivity index (χ3v) is 3.17. The Hall–Kier alpha value is -2.13. The van der Waals surface area contributed by atoms with E-state index >= 15 is 0 Å². The summed E-state index contributed by atoms with van der Waals surface area (Å²) in [6, 6.07) is 15.5. The monoisotopic (exact) mass is 270 g/mol. The van der Waals surface area contributed by atoms with E-state index in [4.69, 9.17) is 9.84 Å². The maximum absolute atomic E-state index is 11.6. The van der Waals surface area contributed by atoms with Crippen LogP contribution < -0.4 is 0 Å². The molecule has 2 aromatic carbocycles. The van der Waals surface area contributed by atoms with Crippen molar-refractivity contribution in [3.05, 3.63) is 59.7 Å². The van der Waals surface area contributed by atoms with Crippen molar-refractivity contribution in [1.29, 1.82) is 0 Å². The summed E-state index contributed by atoms with van der Waals surface area (Å²) in [6.07, 6.45) is 1.60. The van der Waals surface area contributed by atoms with Gasteiger partial charge in [0.25, 0.3) is 0 Å². The number of aryl methyl sites for hydroxylation is 1. The molecule has 0 atom stereocenters. The normalized spacial score (nSPS) is 10.3. The standard InChI is InChI=1S/C17H18O3/c1-20-17(19)16-9-3-8-15(12-16)14-7-2-5-13(11-14)6-4-10-18/h2-3,5,7-9,11-12,18H,4,6,10H2,1H3. The van der Waals surface area contributed by atoms with E-state index in [1.54, 1.807) is 6.07 Å². The minimum atomic E-state index is -0.330. The van der Waals surface area contributed by atoms with E-state index in [1.165, 1.54) is 12.7 Å². The van der Waals surface area contributed by atoms with Gasteiger partial charge < -0.3 is 9.84 Å². The molecule has 0 unspecified atom stereocenters. The van der Waals surface area contributed by atoms with Crippen molar-refractivity contribution in [2.24, 2.45) is 0 Å². The van der Waals surface area contributed by atoms with Crippen molar-refractivity contribution in [1.82, 2.24) is 0 Å². The van der Waals surface area contributed by atoms with Crippen molar-refractivity contribution in [2.45, 2.75) is 12.8 Å². The molecule has 0 bridgehead atoms. The van der Waals surface area contributed by atoms with Gasteiger partial charge in [-0.05, 0) is 41.7 Å². The fourth-order valence-electron chi connectivity index (χ4n) is 2.13. The maximum Gasteiger partial charge on any atom is 0.337 e. The molecule has 0 saturated heterocycles. The van der Waals surface area contributed by atoms with E-state index in [0.29, 0.717) is 5.56 Å². The number of hydrogen-bond donors (Lipinski definition) is 1. The summed E-state index contributed by atoms with van der Waals surface area (Å²) < 4.78 is 4.74. The quantitative estimate of drug-likeness (QED) is 0.849. The Balaban J connectivity index is 2.29. The van der Waals surface area contributed by atoms with Gasteiger partial charge in [-0.3, -0.25) is 0 Å². The molecule has 2 aromatic rings. The van der Waals surface area contributed by atoms with E-state index in [1.807, 2.05) is 36.4 Å². The maximum atomic E-state index is 11.6. The predicted octanol–water partition coefficient (Wildman–Crippen LogP) is 3.07. The van der Waals surface area contributed by atoms with E-state index in [-0.39, 0.29) is 12.6 Å². The van der Waals surface area contributed by atoms with Gasteiger partial charge in [-0.15, -0.1) is 0 Å². The molecule has 20 heavy (non-hydrogen) atoms. The number of esters is 1. The molecule has 0 aliphatic rings. The van der Waals surface area contributed by atoms with E-state index in [0.717, 1.165) is 24.0 Å². The number of ether oxygens (including phenoxy) is 1. The molecule has 3 heteroatoms. The van der Waals surface area contributed by atoms with Crippen LogP contribution in [0.3, 0.4) is 0 Å². The summed E-state index contributed by atoms with van der Waals surface area (Å²) in [5.41, 5.74) is 3.77. The van der Waals surface area contributed by atoms with E-state index in [2.05, 4.69) is 6.07 Å². The number of rotatable bonds is 5. The Morgan fingerprint density at radius 2 is 1.80 bits per heavy atom. The molecule has 0 aliphatic heterocycles. The first-order valence-electron chi connectivity index (χ1n) is 6.63. The fourth-order valence-corrected chi connectivity index (χ4v) is 2.13. The molecule has 0 aromatic heterocycles. The highest BCUT2D eigenvalue weighted by Crippen LogP contribution is 2.22. The van der Waals surface area contributed by atoms with Crippen LogP contribution in [-0.4, -0.2) is 24.8 Å². The van der Waals surface area contributed by atoms with Gasteiger partial charge in [-0.1, -0.05) is 36.4 Å². The van der Waals surface area contributed by atoms with Crippen molar-refractivity contribution < 1.29 is 14.6 Å². The van der Waals surface area contributed by atoms with Gasteiger partial charge in [0, 0.05) is 6.61 Å². The minimum Gasteiger partial charge on any atom is -0.465 e. The minimum absolute atomic E-state index is 0.196. The molecule has 0 fully saturated rings. The number of hydrogen-bond acceptors (Lipinski definition) is 3. The molecule has 1 N–H and O–H groups in total. The van der Waals surface area contributed by atoms with Gasteiger partial charge in [0.05, 0.1) is 12.7 Å². The number of aliphatic hydroxyl groups excluding tert-OH is 1. The first-order valence-corrected chi connectivity index (χ1v) is 6.63. The van der Waals surface area contributed by atoms with Crippen LogP contribution in [-0.2, 0) is 11.2 Å². The van der Waals surface area contributed by atoms with Crippen LogP contribution in [0.4, 0.5) is 0 Å². The fraction of sp³-hybridized carbons (Fsp3) is 0.235. The van der Waals surface area contributed by atoms with Crippen molar-refractivity contribution >= 4 is 5.97 Å². The predicted molar refractivity (Wildman–Crippen MR) is 78.6 cm³/mol. The molecule has 0 amide bonds. The number of benzene rings is 2. The van der Waals surface area contributed by atoms with Gasteiger partial charge in [-0.2, -0.15) is 0 Å². The lowest BCUT2D eigenvalue weighted by Gasteiger charge is -2.07. The number of carbonyl (C=O) groups is 1. The molecule has 104 valence electrons. The Kier molecular flexibility index (Phi) is 4.91. The third kappa shape index (κ3) is 3.45. The molecule has 3 nitrogen and oxygen atoms in total. The second-order valence-electron chi connectivity index (χ2n) is 4.60. The molecule has 0 spiro atoms. The highest BCUT2D eigenvalue weighted by molar-refractivity contribution is 5.90. The van der Waals surface area contributed by atoms with Gasteiger partial charge >= 0.3 is 5.97 Å². The molecule has 0 radical (unpaired) electrons. The first kappa shape index (κ1) is 14.3. The molecule has 2 rings (SSSR count). The zero-order valence-electron chi connectivity index (χ0n) is 11.5. The van der Waals surface area contributed by atoms with Crippen LogP contribution >= 0.6 is 0 Å². The average molecular weight is 270 g/mol. The molecular weight excluding hydrogens is 252 g/mol. The average Bonchev–Trinajstić information content (AvgIpc) is 2.52. The van der Waals surface area contributed by atoms with Crippen molar-refractivity contribution in [2.75, 3.05) is 13.7 Å². The summed E-state index contributed by atoms with van der Waals surface area (Å²) in [7, 11) is 1.38. The van der Waals surface area contributed by atoms with Crippen LogP contribution in [0.1, 0.15) is 22.3 Å². The van der Waals surface area contributed by atoms with Crippen molar-refractivity contribution in [3.8, 4) is 11.1 Å². The van der Waals surface area contributed by atoms with Crippen LogP contribution in [0.25, 0.3) is 11.1 Å². The molecular formula is C17H18O3. The third-order valence-electron chi connectivity index (χ3n) is 3.17. The summed E-state index contributed by atoms with van der Waals surface area (Å²) >= 11 is 0. The summed E-state index contributed by atoms with van der Waals surface area (Å²) in [5, 5.41) is 8.89. The van der Waals surface area contributed by atoms with Gasteiger partial charge in [0.1, 0.15) is 0 Å². The Morgan fingerprint density at radius 1 is 1.10 bits per heavy atom. The van der Waals surface area contributed by atoms with Crippen LogP contribution in [0, 0.1) is 0 Å². The molecule has 0 aliphatic carbocycles. The SMILES string of the molecule is COC(=O)c1cccc(-c2cccc(CCCO)c2)c1. The first-order chi connectivity index (χ1) is 9.74. The molecule has 0 heterocycles. The topological polar surface area (TPSA) is 46.5 Å². The van der Waals surface area contributed by atoms with Gasteiger partial charge in [0.2, 0.25) is 0 Å². The molecule has 0 saturated carbocycles. The van der Waals surface area contributed by atoms with Gasteiger partial charge in [0.15, 0.2) is 0 Å². The number of aliphatic hydroxyl groups is 1. The lowest BCUT2D eigenvalue weighted by Crippen LogP contribution is -2.00. The van der Waals surface area contributed by atoms with Crippen LogP contribution in [0.2, 0.25) is 0 Å². The highest BCUT2D eigenvalue weighted by atomic mass is 16.5. The largest absolute Gasteiger partial charge is 0.465 e. The zero-order valence-corrected chi connectivity index (χ0v) is 11.5. The second-order valence-corrected chi connectivity index (χ2v) is 4.60. The number of carbonyl (C=O) groups excluding carboxylic acids is 1. The van der Waals surface area contributed by atoms with Crippen LogP contribution in [0.5, 0.6) is 0 Å². The summed E-state index contributed by atoms with van der Waals surface area (Å²) in [5.74, 6) is -0.330. The second kappa shape index (κ2) is 6.87. The lowest BCUT2D eigenvalue weighted by molar-refractivity contribution is 0.0601. The smallest absolute Gasteiger partial charge is 0.337 e.